The van der Waals surface area contributed by atoms with Crippen molar-refractivity contribution in [3.05, 3.63) is 64.6 Å². The minimum absolute atomic E-state index is 0.0445. The number of benzene rings is 2. The van der Waals surface area contributed by atoms with Gasteiger partial charge >= 0.3 is 0 Å². The molecule has 0 spiro atoms. The van der Waals surface area contributed by atoms with Gasteiger partial charge in [0.2, 0.25) is 0 Å². The molecule has 9 nitrogen and oxygen atoms in total. The zero-order valence-corrected chi connectivity index (χ0v) is 19.1. The van der Waals surface area contributed by atoms with Gasteiger partial charge in [-0.3, -0.25) is 19.3 Å². The molecule has 0 unspecified atom stereocenters. The molecule has 0 N–H and O–H groups in total. The lowest BCUT2D eigenvalue weighted by atomic mass is 10.1. The molecular weight excluding hydrogens is 436 g/mol. The lowest BCUT2D eigenvalue weighted by molar-refractivity contribution is -0.142. The summed E-state index contributed by atoms with van der Waals surface area (Å²) < 4.78 is 12.7. The largest absolute Gasteiger partial charge is 0.476 e. The van der Waals surface area contributed by atoms with Crippen LogP contribution in [0.5, 0.6) is 5.75 Å². The molecule has 3 heterocycles. The first-order valence-electron chi connectivity index (χ1n) is 11.4. The summed E-state index contributed by atoms with van der Waals surface area (Å²) in [5.74, 6) is -0.114. The van der Waals surface area contributed by atoms with Crippen molar-refractivity contribution in [2.45, 2.75) is 26.0 Å². The Morgan fingerprint density at radius 3 is 2.41 bits per heavy atom. The highest BCUT2D eigenvalue weighted by molar-refractivity contribution is 6.13. The third kappa shape index (κ3) is 3.81. The molecule has 0 bridgehead atoms. The van der Waals surface area contributed by atoms with Crippen molar-refractivity contribution in [1.82, 2.24) is 14.7 Å². The van der Waals surface area contributed by atoms with Gasteiger partial charge in [-0.05, 0) is 32.0 Å². The first-order chi connectivity index (χ1) is 16.5. The molecule has 34 heavy (non-hydrogen) atoms. The van der Waals surface area contributed by atoms with Gasteiger partial charge in [-0.2, -0.15) is 5.10 Å². The van der Waals surface area contributed by atoms with Crippen molar-refractivity contribution in [2.75, 3.05) is 37.7 Å². The molecule has 1 fully saturated rings. The van der Waals surface area contributed by atoms with E-state index in [0.717, 1.165) is 0 Å². The SMILES string of the molecule is CC(C)n1nc(C(=O)N2C[C@H](C(=O)N3CCOCC3)Oc3ccccc32)c2ccccc2c1=O. The third-order valence-corrected chi connectivity index (χ3v) is 6.14. The number of hydrogen-bond donors (Lipinski definition) is 0. The Labute approximate surface area is 196 Å². The lowest BCUT2D eigenvalue weighted by Crippen LogP contribution is -2.54. The molecule has 1 atom stereocenters. The van der Waals surface area contributed by atoms with Gasteiger partial charge in [0.25, 0.3) is 17.4 Å². The van der Waals surface area contributed by atoms with E-state index >= 15 is 0 Å². The Bertz CT molecular complexity index is 1310. The van der Waals surface area contributed by atoms with Crippen LogP contribution in [0.3, 0.4) is 0 Å². The highest BCUT2D eigenvalue weighted by Crippen LogP contribution is 2.35. The highest BCUT2D eigenvalue weighted by Gasteiger charge is 2.37. The Morgan fingerprint density at radius 1 is 1.00 bits per heavy atom. The predicted octanol–water partition coefficient (Wildman–Crippen LogP) is 2.24. The van der Waals surface area contributed by atoms with Gasteiger partial charge in [0.15, 0.2) is 11.8 Å². The second kappa shape index (κ2) is 8.90. The first-order valence-corrected chi connectivity index (χ1v) is 11.4. The molecule has 9 heteroatoms. The van der Waals surface area contributed by atoms with Crippen molar-refractivity contribution in [3.63, 3.8) is 0 Å². The number of fused-ring (bicyclic) bond motifs is 2. The second-order valence-corrected chi connectivity index (χ2v) is 8.67. The Morgan fingerprint density at radius 2 is 1.68 bits per heavy atom. The molecule has 0 saturated carbocycles. The number of carbonyl (C=O) groups excluding carboxylic acids is 2. The van der Waals surface area contributed by atoms with Crippen LogP contribution in [0.1, 0.15) is 30.4 Å². The van der Waals surface area contributed by atoms with Crippen LogP contribution in [0.15, 0.2) is 53.3 Å². The molecule has 2 aliphatic heterocycles. The number of rotatable bonds is 3. The zero-order chi connectivity index (χ0) is 23.8. The van der Waals surface area contributed by atoms with Crippen LogP contribution in [-0.2, 0) is 9.53 Å². The average Bonchev–Trinajstić information content (AvgIpc) is 2.88. The number of anilines is 1. The van der Waals surface area contributed by atoms with E-state index in [0.29, 0.717) is 48.5 Å². The summed E-state index contributed by atoms with van der Waals surface area (Å²) >= 11 is 0. The van der Waals surface area contributed by atoms with Crippen LogP contribution in [0.4, 0.5) is 5.69 Å². The molecule has 5 rings (SSSR count). The predicted molar refractivity (Wildman–Crippen MR) is 126 cm³/mol. The number of nitrogens with zero attached hydrogens (tertiary/aromatic N) is 4. The van der Waals surface area contributed by atoms with Crippen molar-refractivity contribution >= 4 is 28.3 Å². The Hall–Kier alpha value is -3.72. The van der Waals surface area contributed by atoms with Gasteiger partial charge in [-0.15, -0.1) is 0 Å². The number of carbonyl (C=O) groups is 2. The smallest absolute Gasteiger partial charge is 0.279 e. The summed E-state index contributed by atoms with van der Waals surface area (Å²) in [7, 11) is 0. The van der Waals surface area contributed by atoms with E-state index in [2.05, 4.69) is 5.10 Å². The fourth-order valence-electron chi connectivity index (χ4n) is 4.39. The Balaban J connectivity index is 1.58. The van der Waals surface area contributed by atoms with E-state index < -0.39 is 6.10 Å². The third-order valence-electron chi connectivity index (χ3n) is 6.14. The maximum Gasteiger partial charge on any atom is 0.279 e. The maximum absolute atomic E-state index is 14.0. The van der Waals surface area contributed by atoms with Crippen LogP contribution >= 0.6 is 0 Å². The van der Waals surface area contributed by atoms with Gasteiger partial charge in [0, 0.05) is 18.5 Å². The van der Waals surface area contributed by atoms with Crippen molar-refractivity contribution < 1.29 is 19.1 Å². The quantitative estimate of drug-likeness (QED) is 0.593. The summed E-state index contributed by atoms with van der Waals surface area (Å²) in [6, 6.07) is 13.9. The number of morpholine rings is 1. The van der Waals surface area contributed by atoms with Crippen LogP contribution < -0.4 is 15.2 Å². The maximum atomic E-state index is 14.0. The molecule has 1 aromatic heterocycles. The zero-order valence-electron chi connectivity index (χ0n) is 19.1. The molecule has 1 saturated heterocycles. The normalized spacial score (nSPS) is 18.0. The van der Waals surface area contributed by atoms with E-state index in [1.165, 1.54) is 9.58 Å². The van der Waals surface area contributed by atoms with E-state index in [9.17, 15) is 14.4 Å². The molecule has 2 aliphatic rings. The van der Waals surface area contributed by atoms with Crippen LogP contribution in [-0.4, -0.2) is 65.4 Å². The van der Waals surface area contributed by atoms with E-state index in [1.54, 1.807) is 47.4 Å². The van der Waals surface area contributed by atoms with Crippen molar-refractivity contribution in [1.29, 1.82) is 0 Å². The molecule has 2 amide bonds. The minimum atomic E-state index is -0.848. The van der Waals surface area contributed by atoms with Crippen molar-refractivity contribution in [2.24, 2.45) is 0 Å². The Kier molecular flexibility index (Phi) is 5.79. The number of aromatic nitrogens is 2. The van der Waals surface area contributed by atoms with Gasteiger partial charge in [-0.1, -0.05) is 30.3 Å². The van der Waals surface area contributed by atoms with Crippen LogP contribution in [0.25, 0.3) is 10.8 Å². The summed E-state index contributed by atoms with van der Waals surface area (Å²) in [6.45, 7) is 5.66. The monoisotopic (exact) mass is 462 g/mol. The molecule has 0 radical (unpaired) electrons. The fraction of sp³-hybridized carbons (Fsp3) is 0.360. The van der Waals surface area contributed by atoms with Gasteiger partial charge in [0.1, 0.15) is 5.75 Å². The van der Waals surface area contributed by atoms with E-state index in [1.807, 2.05) is 19.9 Å². The number of para-hydroxylation sites is 2. The summed E-state index contributed by atoms with van der Waals surface area (Å²) in [5.41, 5.74) is 0.481. The molecule has 2 aromatic carbocycles. The van der Waals surface area contributed by atoms with Crippen LogP contribution in [0, 0.1) is 0 Å². The van der Waals surface area contributed by atoms with Crippen molar-refractivity contribution in [3.8, 4) is 5.75 Å². The van der Waals surface area contributed by atoms with E-state index in [-0.39, 0.29) is 35.7 Å². The lowest BCUT2D eigenvalue weighted by Gasteiger charge is -2.37. The molecule has 0 aliphatic carbocycles. The topological polar surface area (TPSA) is 94.0 Å². The number of amides is 2. The molecular formula is C25H26N4O5. The van der Waals surface area contributed by atoms with E-state index in [4.69, 9.17) is 9.47 Å². The molecule has 176 valence electrons. The number of ether oxygens (including phenoxy) is 2. The van der Waals surface area contributed by atoms with Gasteiger partial charge in [-0.25, -0.2) is 4.68 Å². The van der Waals surface area contributed by atoms with Crippen LogP contribution in [0.2, 0.25) is 0 Å². The second-order valence-electron chi connectivity index (χ2n) is 8.67. The first kappa shape index (κ1) is 22.1. The highest BCUT2D eigenvalue weighted by atomic mass is 16.5. The van der Waals surface area contributed by atoms with Gasteiger partial charge in [0.05, 0.1) is 36.9 Å². The van der Waals surface area contributed by atoms with Gasteiger partial charge < -0.3 is 14.4 Å². The fourth-order valence-corrected chi connectivity index (χ4v) is 4.39. The summed E-state index contributed by atoms with van der Waals surface area (Å²) in [6.07, 6.45) is -0.848. The summed E-state index contributed by atoms with van der Waals surface area (Å²) in [4.78, 5) is 43.3. The average molecular weight is 463 g/mol. The number of hydrogen-bond acceptors (Lipinski definition) is 6. The molecule has 3 aromatic rings. The standard InChI is InChI=1S/C25H26N4O5/c1-16(2)29-23(30)18-8-4-3-7-17(18)22(26-29)25(32)28-15-21(24(31)27-11-13-33-14-12-27)34-20-10-6-5-9-19(20)28/h3-10,16,21H,11-15H2,1-2H3/t21-/m1/s1. The minimum Gasteiger partial charge on any atom is -0.476 e. The summed E-state index contributed by atoms with van der Waals surface area (Å²) in [5, 5.41) is 5.38.